The number of aryl methyl sites for hydroxylation is 2. The highest BCUT2D eigenvalue weighted by Crippen LogP contribution is 2.26. The van der Waals surface area contributed by atoms with Gasteiger partial charge in [-0.1, -0.05) is 36.7 Å². The lowest BCUT2D eigenvalue weighted by Gasteiger charge is -2.17. The molecular weight excluding hydrogens is 336 g/mol. The number of thiazole rings is 1. The molecule has 6 heteroatoms. The Labute approximate surface area is 151 Å². The first-order valence-electron chi connectivity index (χ1n) is 8.75. The maximum atomic E-state index is 12.6. The number of methoxy groups -OCH3 is 1. The molecule has 1 saturated carbocycles. The molecular formula is C19H24N2O3S. The van der Waals surface area contributed by atoms with Crippen LogP contribution in [0.3, 0.4) is 0 Å². The van der Waals surface area contributed by atoms with Gasteiger partial charge < -0.3 is 9.30 Å². The number of hydrogen-bond donors (Lipinski definition) is 0. The fourth-order valence-corrected chi connectivity index (χ4v) is 4.56. The number of ether oxygens (including phenoxy) is 1. The third kappa shape index (κ3) is 3.84. The van der Waals surface area contributed by atoms with E-state index in [4.69, 9.17) is 4.74 Å². The molecule has 1 aliphatic carbocycles. The fourth-order valence-electron chi connectivity index (χ4n) is 3.48. The van der Waals surface area contributed by atoms with Gasteiger partial charge >= 0.3 is 5.97 Å². The van der Waals surface area contributed by atoms with Gasteiger partial charge in [-0.15, -0.1) is 0 Å². The molecule has 0 spiro atoms. The summed E-state index contributed by atoms with van der Waals surface area (Å²) < 4.78 is 7.70. The number of carbonyl (C=O) groups is 2. The average molecular weight is 360 g/mol. The second kappa shape index (κ2) is 7.52. The van der Waals surface area contributed by atoms with Gasteiger partial charge in [0.1, 0.15) is 6.54 Å². The highest BCUT2D eigenvalue weighted by Gasteiger charge is 2.21. The van der Waals surface area contributed by atoms with Gasteiger partial charge in [-0.2, -0.15) is 4.99 Å². The van der Waals surface area contributed by atoms with E-state index in [0.29, 0.717) is 4.80 Å². The molecule has 0 N–H and O–H groups in total. The second-order valence-electron chi connectivity index (χ2n) is 6.76. The van der Waals surface area contributed by atoms with E-state index in [1.807, 2.05) is 24.5 Å². The van der Waals surface area contributed by atoms with E-state index in [1.54, 1.807) is 0 Å². The molecule has 1 aromatic carbocycles. The summed E-state index contributed by atoms with van der Waals surface area (Å²) in [5.41, 5.74) is 3.18. The van der Waals surface area contributed by atoms with Gasteiger partial charge in [0.15, 0.2) is 4.80 Å². The van der Waals surface area contributed by atoms with Crippen LogP contribution in [0.2, 0.25) is 0 Å². The molecule has 1 aliphatic rings. The summed E-state index contributed by atoms with van der Waals surface area (Å²) in [6.45, 7) is 4.13. The number of hydrogen-bond acceptors (Lipinski definition) is 4. The van der Waals surface area contributed by atoms with Crippen LogP contribution in [0.5, 0.6) is 0 Å². The number of carbonyl (C=O) groups excluding carboxylic acids is 2. The summed E-state index contributed by atoms with van der Waals surface area (Å²) in [7, 11) is 1.37. The largest absolute Gasteiger partial charge is 0.468 e. The Bertz CT molecular complexity index is 873. The number of rotatable bonds is 3. The monoisotopic (exact) mass is 360 g/mol. The van der Waals surface area contributed by atoms with Gasteiger partial charge in [-0.3, -0.25) is 9.59 Å². The Morgan fingerprint density at radius 1 is 1.24 bits per heavy atom. The van der Waals surface area contributed by atoms with Crippen LogP contribution < -0.4 is 4.80 Å². The predicted molar refractivity (Wildman–Crippen MR) is 98.5 cm³/mol. The van der Waals surface area contributed by atoms with Crippen molar-refractivity contribution >= 4 is 33.4 Å². The smallest absolute Gasteiger partial charge is 0.325 e. The Kier molecular flexibility index (Phi) is 5.37. The zero-order chi connectivity index (χ0) is 18.0. The lowest BCUT2D eigenvalue weighted by molar-refractivity contribution is -0.141. The molecule has 0 unspecified atom stereocenters. The van der Waals surface area contributed by atoms with Crippen LogP contribution in [0.25, 0.3) is 10.2 Å². The van der Waals surface area contributed by atoms with Crippen LogP contribution in [0.1, 0.15) is 43.2 Å². The lowest BCUT2D eigenvalue weighted by Crippen LogP contribution is -2.24. The molecule has 0 saturated heterocycles. The number of amides is 1. The number of benzene rings is 1. The van der Waals surface area contributed by atoms with Crippen molar-refractivity contribution in [2.75, 3.05) is 7.11 Å². The average Bonchev–Trinajstić information content (AvgIpc) is 2.93. The van der Waals surface area contributed by atoms with Gasteiger partial charge in [0.25, 0.3) is 5.91 Å². The second-order valence-corrected chi connectivity index (χ2v) is 7.74. The SMILES string of the molecule is COC(=O)Cn1c(=NC(=O)C2CCCCC2)sc2c(C)cc(C)cc21. The summed E-state index contributed by atoms with van der Waals surface area (Å²) in [6.07, 6.45) is 5.23. The highest BCUT2D eigenvalue weighted by atomic mass is 32.1. The quantitative estimate of drug-likeness (QED) is 0.787. The molecule has 134 valence electrons. The number of nitrogens with zero attached hydrogens (tertiary/aromatic N) is 2. The Balaban J connectivity index is 2.10. The number of fused-ring (bicyclic) bond motifs is 1. The van der Waals surface area contributed by atoms with Crippen molar-refractivity contribution in [1.82, 2.24) is 4.57 Å². The first-order valence-corrected chi connectivity index (χ1v) is 9.57. The molecule has 5 nitrogen and oxygen atoms in total. The van der Waals surface area contributed by atoms with Crippen LogP contribution in [0.4, 0.5) is 0 Å². The maximum Gasteiger partial charge on any atom is 0.325 e. The predicted octanol–water partition coefficient (Wildman–Crippen LogP) is 3.50. The Morgan fingerprint density at radius 3 is 2.64 bits per heavy atom. The minimum Gasteiger partial charge on any atom is -0.468 e. The van der Waals surface area contributed by atoms with Crippen molar-refractivity contribution in [3.63, 3.8) is 0 Å². The fraction of sp³-hybridized carbons (Fsp3) is 0.526. The molecule has 0 radical (unpaired) electrons. The third-order valence-corrected chi connectivity index (χ3v) is 6.02. The summed E-state index contributed by atoms with van der Waals surface area (Å²) in [4.78, 5) is 29.5. The van der Waals surface area contributed by atoms with E-state index in [-0.39, 0.29) is 24.3 Å². The van der Waals surface area contributed by atoms with E-state index in [1.165, 1.54) is 24.9 Å². The number of esters is 1. The van der Waals surface area contributed by atoms with Crippen LogP contribution in [-0.4, -0.2) is 23.6 Å². The van der Waals surface area contributed by atoms with Crippen molar-refractivity contribution in [2.24, 2.45) is 10.9 Å². The molecule has 0 aliphatic heterocycles. The molecule has 1 aromatic heterocycles. The van der Waals surface area contributed by atoms with Gasteiger partial charge in [0, 0.05) is 5.92 Å². The zero-order valence-electron chi connectivity index (χ0n) is 15.0. The minimum absolute atomic E-state index is 0.0216. The van der Waals surface area contributed by atoms with Crippen molar-refractivity contribution < 1.29 is 14.3 Å². The van der Waals surface area contributed by atoms with E-state index < -0.39 is 0 Å². The Hall–Kier alpha value is -1.95. The van der Waals surface area contributed by atoms with E-state index >= 15 is 0 Å². The topological polar surface area (TPSA) is 60.7 Å². The van der Waals surface area contributed by atoms with E-state index in [9.17, 15) is 9.59 Å². The van der Waals surface area contributed by atoms with E-state index in [2.05, 4.69) is 11.1 Å². The molecule has 1 fully saturated rings. The van der Waals surface area contributed by atoms with Crippen molar-refractivity contribution in [3.8, 4) is 0 Å². The Morgan fingerprint density at radius 2 is 1.96 bits per heavy atom. The van der Waals surface area contributed by atoms with Crippen molar-refractivity contribution in [1.29, 1.82) is 0 Å². The molecule has 0 bridgehead atoms. The third-order valence-electron chi connectivity index (χ3n) is 4.79. The van der Waals surface area contributed by atoms with Gasteiger partial charge in [0.05, 0.1) is 17.3 Å². The van der Waals surface area contributed by atoms with E-state index in [0.717, 1.165) is 47.0 Å². The van der Waals surface area contributed by atoms with Gasteiger partial charge in [-0.25, -0.2) is 0 Å². The first kappa shape index (κ1) is 17.9. The van der Waals surface area contributed by atoms with Gasteiger partial charge in [-0.05, 0) is 43.9 Å². The lowest BCUT2D eigenvalue weighted by atomic mass is 9.89. The van der Waals surface area contributed by atoms with Gasteiger partial charge in [0.2, 0.25) is 0 Å². The summed E-state index contributed by atoms with van der Waals surface area (Å²) in [6, 6.07) is 4.14. The van der Waals surface area contributed by atoms with Crippen LogP contribution >= 0.6 is 11.3 Å². The van der Waals surface area contributed by atoms with Crippen molar-refractivity contribution in [3.05, 3.63) is 28.1 Å². The molecule has 1 heterocycles. The summed E-state index contributed by atoms with van der Waals surface area (Å²) >= 11 is 1.47. The zero-order valence-corrected chi connectivity index (χ0v) is 15.8. The molecule has 25 heavy (non-hydrogen) atoms. The normalized spacial score (nSPS) is 16.4. The first-order chi connectivity index (χ1) is 12.0. The van der Waals surface area contributed by atoms with Crippen LogP contribution in [-0.2, 0) is 20.9 Å². The molecule has 2 aromatic rings. The number of aromatic nitrogens is 1. The minimum atomic E-state index is -0.342. The van der Waals surface area contributed by atoms with Crippen LogP contribution in [0.15, 0.2) is 17.1 Å². The molecule has 0 atom stereocenters. The molecule has 3 rings (SSSR count). The standard InChI is InChI=1S/C19H24N2O3S/c1-12-9-13(2)17-15(10-12)21(11-16(22)24-3)19(25-17)20-18(23)14-7-5-4-6-8-14/h9-10,14H,4-8,11H2,1-3H3. The highest BCUT2D eigenvalue weighted by molar-refractivity contribution is 7.16. The van der Waals surface area contributed by atoms with Crippen LogP contribution in [0, 0.1) is 19.8 Å². The van der Waals surface area contributed by atoms with Crippen molar-refractivity contribution in [2.45, 2.75) is 52.5 Å². The summed E-state index contributed by atoms with van der Waals surface area (Å²) in [5.74, 6) is -0.377. The molecule has 1 amide bonds. The summed E-state index contributed by atoms with van der Waals surface area (Å²) in [5, 5.41) is 0. The maximum absolute atomic E-state index is 12.6.